The number of benzene rings is 1. The summed E-state index contributed by atoms with van der Waals surface area (Å²) in [6, 6.07) is 2.60. The van der Waals surface area contributed by atoms with Gasteiger partial charge in [0.2, 0.25) is 6.41 Å². The normalized spacial score (nSPS) is 19.7. The van der Waals surface area contributed by atoms with Gasteiger partial charge in [0.25, 0.3) is 0 Å². The third-order valence-electron chi connectivity index (χ3n) is 4.91. The molecule has 150 valence electrons. The number of alkyl halides is 3. The van der Waals surface area contributed by atoms with E-state index in [9.17, 15) is 27.5 Å². The van der Waals surface area contributed by atoms with Gasteiger partial charge in [-0.3, -0.25) is 14.8 Å². The largest absolute Gasteiger partial charge is 0.419 e. The van der Waals surface area contributed by atoms with Crippen LogP contribution in [0.2, 0.25) is 0 Å². The number of pyridine rings is 1. The molecular weight excluding hydrogens is 392 g/mol. The average Bonchev–Trinajstić information content (AvgIpc) is 3.07. The zero-order chi connectivity index (χ0) is 20.8. The van der Waals surface area contributed by atoms with Crippen molar-refractivity contribution >= 4 is 17.4 Å². The van der Waals surface area contributed by atoms with Crippen molar-refractivity contribution in [2.24, 2.45) is 0 Å². The Morgan fingerprint density at radius 1 is 1.17 bits per heavy atom. The van der Waals surface area contributed by atoms with E-state index in [1.807, 2.05) is 0 Å². The third-order valence-corrected chi connectivity index (χ3v) is 4.91. The first-order chi connectivity index (χ1) is 13.8. The minimum Gasteiger partial charge on any atom is -0.391 e. The first kappa shape index (κ1) is 19.2. The third kappa shape index (κ3) is 3.51. The molecule has 1 saturated heterocycles. The number of carbonyl (C=O) groups is 1. The van der Waals surface area contributed by atoms with Crippen LogP contribution in [0.3, 0.4) is 0 Å². The number of aliphatic hydroxyl groups is 1. The minimum absolute atomic E-state index is 0.168. The Morgan fingerprint density at radius 2 is 1.97 bits per heavy atom. The summed E-state index contributed by atoms with van der Waals surface area (Å²) in [5, 5.41) is 10.2. The fourth-order valence-corrected chi connectivity index (χ4v) is 3.44. The fourth-order valence-electron chi connectivity index (χ4n) is 3.44. The first-order valence-corrected chi connectivity index (χ1v) is 8.63. The molecule has 3 aromatic rings. The van der Waals surface area contributed by atoms with Crippen LogP contribution in [0, 0.1) is 5.82 Å². The number of fused-ring (bicyclic) bond motifs is 1. The summed E-state index contributed by atoms with van der Waals surface area (Å²) in [5.74, 6) is -1.86. The Morgan fingerprint density at radius 3 is 2.62 bits per heavy atom. The summed E-state index contributed by atoms with van der Waals surface area (Å²) in [6.45, 7) is 0.432. The zero-order valence-corrected chi connectivity index (χ0v) is 14.8. The summed E-state index contributed by atoms with van der Waals surface area (Å²) >= 11 is 0. The molecule has 4 rings (SSSR count). The number of β-amino-alcohol motifs (C(OH)–C–C–N with tert-alkyl or cyclic N) is 1. The molecule has 0 spiro atoms. The van der Waals surface area contributed by atoms with E-state index in [4.69, 9.17) is 0 Å². The van der Waals surface area contributed by atoms with E-state index in [-0.39, 0.29) is 18.7 Å². The number of carbonyl (C=O) groups excluding carboxylic acids is 1. The Kier molecular flexibility index (Phi) is 4.65. The highest BCUT2D eigenvalue weighted by Gasteiger charge is 2.35. The highest BCUT2D eigenvalue weighted by molar-refractivity contribution is 5.90. The van der Waals surface area contributed by atoms with Gasteiger partial charge in [0.05, 0.1) is 29.1 Å². The van der Waals surface area contributed by atoms with E-state index < -0.39 is 29.6 Å². The van der Waals surface area contributed by atoms with Crippen molar-refractivity contribution in [3.05, 3.63) is 53.9 Å². The number of amides is 1. The molecule has 2 unspecified atom stereocenters. The molecule has 2 aromatic heterocycles. The number of hydrogen-bond acceptors (Lipinski definition) is 5. The van der Waals surface area contributed by atoms with Crippen molar-refractivity contribution in [1.82, 2.24) is 19.9 Å². The van der Waals surface area contributed by atoms with Gasteiger partial charge in [-0.2, -0.15) is 13.2 Å². The number of halogens is 4. The van der Waals surface area contributed by atoms with E-state index in [2.05, 4.69) is 15.0 Å². The maximum Gasteiger partial charge on any atom is 0.419 e. The summed E-state index contributed by atoms with van der Waals surface area (Å²) in [4.78, 5) is 25.2. The van der Waals surface area contributed by atoms with E-state index >= 15 is 0 Å². The predicted octanol–water partition coefficient (Wildman–Crippen LogP) is 2.77. The number of rotatable bonds is 3. The van der Waals surface area contributed by atoms with Crippen molar-refractivity contribution in [2.45, 2.75) is 18.2 Å². The lowest BCUT2D eigenvalue weighted by molar-refractivity contribution is -0.140. The van der Waals surface area contributed by atoms with Crippen molar-refractivity contribution in [1.29, 1.82) is 0 Å². The highest BCUT2D eigenvalue weighted by Crippen LogP contribution is 2.35. The van der Waals surface area contributed by atoms with Gasteiger partial charge >= 0.3 is 6.18 Å². The smallest absolute Gasteiger partial charge is 0.391 e. The molecule has 2 atom stereocenters. The number of likely N-dealkylation sites (tertiary alicyclic amines) is 1. The van der Waals surface area contributed by atoms with Crippen LogP contribution in [0.4, 0.5) is 17.6 Å². The van der Waals surface area contributed by atoms with Crippen LogP contribution in [0.5, 0.6) is 0 Å². The molecule has 1 aromatic carbocycles. The van der Waals surface area contributed by atoms with Crippen LogP contribution in [0.15, 0.2) is 36.8 Å². The van der Waals surface area contributed by atoms with Crippen molar-refractivity contribution < 1.29 is 27.5 Å². The van der Waals surface area contributed by atoms with Crippen LogP contribution < -0.4 is 0 Å². The quantitative estimate of drug-likeness (QED) is 0.535. The fraction of sp³-hybridized carbons (Fsp3) is 0.263. The summed E-state index contributed by atoms with van der Waals surface area (Å²) in [5.41, 5.74) is 0.226. The Bertz CT molecular complexity index is 1090. The van der Waals surface area contributed by atoms with Crippen LogP contribution in [-0.2, 0) is 11.0 Å². The van der Waals surface area contributed by atoms with Gasteiger partial charge in [0.1, 0.15) is 11.3 Å². The van der Waals surface area contributed by atoms with Crippen LogP contribution in [-0.4, -0.2) is 50.6 Å². The van der Waals surface area contributed by atoms with Gasteiger partial charge < -0.3 is 10.0 Å². The molecular formula is C19H14F4N4O2. The lowest BCUT2D eigenvalue weighted by Gasteiger charge is -2.14. The zero-order valence-electron chi connectivity index (χ0n) is 14.8. The second kappa shape index (κ2) is 7.03. The van der Waals surface area contributed by atoms with Gasteiger partial charge in [-0.15, -0.1) is 0 Å². The van der Waals surface area contributed by atoms with Gasteiger partial charge in [-0.05, 0) is 17.7 Å². The van der Waals surface area contributed by atoms with Crippen molar-refractivity contribution in [3.8, 4) is 11.1 Å². The Hall–Kier alpha value is -3.14. The molecule has 3 heterocycles. The maximum absolute atomic E-state index is 14.0. The molecule has 0 saturated carbocycles. The first-order valence-electron chi connectivity index (χ1n) is 8.63. The second-order valence-electron chi connectivity index (χ2n) is 6.78. The number of aromatic nitrogens is 3. The van der Waals surface area contributed by atoms with Gasteiger partial charge in [0.15, 0.2) is 0 Å². The lowest BCUT2D eigenvalue weighted by Crippen LogP contribution is -2.19. The van der Waals surface area contributed by atoms with E-state index in [0.717, 1.165) is 12.1 Å². The molecule has 1 N–H and O–H groups in total. The molecule has 29 heavy (non-hydrogen) atoms. The molecule has 10 heteroatoms. The molecule has 1 fully saturated rings. The summed E-state index contributed by atoms with van der Waals surface area (Å²) in [6.07, 6.45) is -0.720. The van der Waals surface area contributed by atoms with Crippen molar-refractivity contribution in [2.75, 3.05) is 13.1 Å². The van der Waals surface area contributed by atoms with E-state index in [1.54, 1.807) is 0 Å². The molecule has 1 amide bonds. The number of nitrogens with zero attached hydrogens (tertiary/aromatic N) is 4. The van der Waals surface area contributed by atoms with Gasteiger partial charge in [0, 0.05) is 37.0 Å². The Balaban J connectivity index is 1.80. The monoisotopic (exact) mass is 406 g/mol. The maximum atomic E-state index is 14.0. The molecule has 6 nitrogen and oxygen atoms in total. The lowest BCUT2D eigenvalue weighted by atomic mass is 10.0. The summed E-state index contributed by atoms with van der Waals surface area (Å²) in [7, 11) is 0. The molecule has 1 aliphatic rings. The average molecular weight is 406 g/mol. The molecule has 0 bridgehead atoms. The van der Waals surface area contributed by atoms with Gasteiger partial charge in [-0.25, -0.2) is 9.37 Å². The summed E-state index contributed by atoms with van der Waals surface area (Å²) < 4.78 is 52.5. The van der Waals surface area contributed by atoms with E-state index in [1.165, 1.54) is 23.5 Å². The second-order valence-corrected chi connectivity index (χ2v) is 6.78. The minimum atomic E-state index is -4.80. The topological polar surface area (TPSA) is 79.2 Å². The van der Waals surface area contributed by atoms with Crippen LogP contribution >= 0.6 is 0 Å². The molecule has 0 radical (unpaired) electrons. The predicted molar refractivity (Wildman–Crippen MR) is 94.1 cm³/mol. The van der Waals surface area contributed by atoms with E-state index in [0.29, 0.717) is 34.8 Å². The van der Waals surface area contributed by atoms with Crippen LogP contribution in [0.25, 0.3) is 22.2 Å². The SMILES string of the molecule is O=CN1CC(O)C(c2cnc3cncc(-c4ccc(C(F)(F)F)c(F)c4)c3n2)C1. The Labute approximate surface area is 161 Å². The number of hydrogen-bond donors (Lipinski definition) is 1. The van der Waals surface area contributed by atoms with Crippen LogP contribution in [0.1, 0.15) is 17.2 Å². The molecule has 0 aliphatic carbocycles. The highest BCUT2D eigenvalue weighted by atomic mass is 19.4. The number of aliphatic hydroxyl groups excluding tert-OH is 1. The standard InChI is InChI=1S/C19H14F4N4O2/c20-14-3-10(1-2-13(14)19(21,22)23)11-4-24-5-16-18(11)26-15(6-25-16)12-7-27(9-28)8-17(12)29/h1-6,9,12,17,29H,7-8H2. The molecule has 1 aliphatic heterocycles. The van der Waals surface area contributed by atoms with Gasteiger partial charge in [-0.1, -0.05) is 6.07 Å². The van der Waals surface area contributed by atoms with Crippen molar-refractivity contribution in [3.63, 3.8) is 0 Å².